The number of alkyl halides is 2. The van der Waals surface area contributed by atoms with Crippen molar-refractivity contribution in [2.45, 2.75) is 19.8 Å². The maximum Gasteiger partial charge on any atom is 0.270 e. The number of nitrogens with zero attached hydrogens (tertiary/aromatic N) is 4. The largest absolute Gasteiger partial charge is 0.454 e. The summed E-state index contributed by atoms with van der Waals surface area (Å²) in [6.07, 6.45) is 8.60. The van der Waals surface area contributed by atoms with Gasteiger partial charge in [0.2, 0.25) is 0 Å². The fourth-order valence-corrected chi connectivity index (χ4v) is 4.69. The van der Waals surface area contributed by atoms with Gasteiger partial charge in [0.25, 0.3) is 17.7 Å². The second kappa shape index (κ2) is 16.4. The molecule has 0 aliphatic carbocycles. The highest BCUT2D eigenvalue weighted by atomic mass is 35.5. The average molecular weight is 713 g/mol. The lowest BCUT2D eigenvalue weighted by Crippen LogP contribution is -2.14. The standard InChI is InChI=1S/C19H14F3N3O2.C18H14ClN3O2/c1-19(21,22)13-4-2-3-12(5-13)18(26)25-15-6-14(20)7-16(8-15)27-17-9-23-11-24-10-17;1-12-3-2-4-13(5-12)18(23)22-15-6-14(19)7-16(8-15)24-17-9-20-11-21-10-17/h2-11H,1H3,(H,25,26);2-11H,1H3,(H,22,23). The summed E-state index contributed by atoms with van der Waals surface area (Å²) in [5, 5.41) is 5.73. The predicted molar refractivity (Wildman–Crippen MR) is 185 cm³/mol. The first-order chi connectivity index (χ1) is 24.4. The van der Waals surface area contributed by atoms with Gasteiger partial charge in [-0.05, 0) is 49.4 Å². The molecule has 2 aromatic heterocycles. The molecule has 0 radical (unpaired) electrons. The molecule has 2 N–H and O–H groups in total. The van der Waals surface area contributed by atoms with E-state index in [9.17, 15) is 22.8 Å². The van der Waals surface area contributed by atoms with Gasteiger partial charge in [0, 0.05) is 58.2 Å². The summed E-state index contributed by atoms with van der Waals surface area (Å²) in [5.41, 5.74) is 1.98. The van der Waals surface area contributed by atoms with Crippen LogP contribution < -0.4 is 20.1 Å². The Labute approximate surface area is 295 Å². The Hall–Kier alpha value is -6.34. The molecule has 0 spiro atoms. The zero-order valence-electron chi connectivity index (χ0n) is 27.0. The van der Waals surface area contributed by atoms with Crippen LogP contribution in [0.4, 0.5) is 24.5 Å². The summed E-state index contributed by atoms with van der Waals surface area (Å²) in [7, 11) is 0. The molecule has 0 fully saturated rings. The number of aromatic nitrogens is 4. The molecule has 0 aliphatic rings. The lowest BCUT2D eigenvalue weighted by Gasteiger charge is -2.12. The average Bonchev–Trinajstić information content (AvgIpc) is 3.08. The van der Waals surface area contributed by atoms with Gasteiger partial charge in [0.1, 0.15) is 30.0 Å². The second-order valence-corrected chi connectivity index (χ2v) is 11.4. The van der Waals surface area contributed by atoms with Crippen molar-refractivity contribution in [1.82, 2.24) is 19.9 Å². The molecular formula is C37H28ClF3N6O4. The molecule has 0 saturated carbocycles. The molecule has 258 valence electrons. The van der Waals surface area contributed by atoms with E-state index in [2.05, 4.69) is 30.6 Å². The highest BCUT2D eigenvalue weighted by Crippen LogP contribution is 2.30. The van der Waals surface area contributed by atoms with Crippen LogP contribution in [-0.4, -0.2) is 31.8 Å². The van der Waals surface area contributed by atoms with E-state index in [4.69, 9.17) is 21.1 Å². The zero-order chi connectivity index (χ0) is 36.4. The number of amides is 2. The van der Waals surface area contributed by atoms with Gasteiger partial charge in [0.05, 0.1) is 24.8 Å². The SMILES string of the molecule is CC(F)(F)c1cccc(C(=O)Nc2cc(F)cc(Oc3cncnc3)c2)c1.Cc1cccc(C(=O)Nc2cc(Cl)cc(Oc3cncnc3)c2)c1. The van der Waals surface area contributed by atoms with E-state index < -0.39 is 17.6 Å². The van der Waals surface area contributed by atoms with Gasteiger partial charge in [-0.2, -0.15) is 0 Å². The van der Waals surface area contributed by atoms with Crippen molar-refractivity contribution in [3.63, 3.8) is 0 Å². The third-order valence-electron chi connectivity index (χ3n) is 6.72. The fourth-order valence-electron chi connectivity index (χ4n) is 4.46. The van der Waals surface area contributed by atoms with E-state index >= 15 is 0 Å². The maximum absolute atomic E-state index is 13.8. The Kier molecular flexibility index (Phi) is 11.5. The van der Waals surface area contributed by atoms with Crippen LogP contribution in [0, 0.1) is 12.7 Å². The summed E-state index contributed by atoms with van der Waals surface area (Å²) < 4.78 is 51.8. The highest BCUT2D eigenvalue weighted by Gasteiger charge is 2.25. The fraction of sp³-hybridized carbons (Fsp3) is 0.0811. The first kappa shape index (κ1) is 36.0. The minimum absolute atomic E-state index is 0.0252. The van der Waals surface area contributed by atoms with Gasteiger partial charge in [-0.1, -0.05) is 41.4 Å². The van der Waals surface area contributed by atoms with E-state index in [1.54, 1.807) is 36.7 Å². The molecule has 0 atom stereocenters. The lowest BCUT2D eigenvalue weighted by molar-refractivity contribution is 0.0174. The Bertz CT molecular complexity index is 2140. The van der Waals surface area contributed by atoms with Gasteiger partial charge in [-0.25, -0.2) is 33.1 Å². The number of hydrogen-bond donors (Lipinski definition) is 2. The number of nitrogens with one attached hydrogen (secondary N) is 2. The second-order valence-electron chi connectivity index (χ2n) is 11.0. The lowest BCUT2D eigenvalue weighted by atomic mass is 10.1. The Balaban J connectivity index is 0.000000199. The monoisotopic (exact) mass is 712 g/mol. The molecule has 0 unspecified atom stereocenters. The van der Waals surface area contributed by atoms with Crippen LogP contribution in [-0.2, 0) is 5.92 Å². The van der Waals surface area contributed by atoms with E-state index in [0.29, 0.717) is 33.5 Å². The summed E-state index contributed by atoms with van der Waals surface area (Å²) >= 11 is 6.11. The molecule has 10 nitrogen and oxygen atoms in total. The van der Waals surface area contributed by atoms with Gasteiger partial charge in [0.15, 0.2) is 11.5 Å². The Morgan fingerprint density at radius 3 is 1.73 bits per heavy atom. The van der Waals surface area contributed by atoms with Crippen molar-refractivity contribution in [2.75, 3.05) is 10.6 Å². The number of rotatable bonds is 9. The molecule has 2 amide bonds. The van der Waals surface area contributed by atoms with Crippen LogP contribution in [0.25, 0.3) is 0 Å². The van der Waals surface area contributed by atoms with Gasteiger partial charge in [-0.15, -0.1) is 0 Å². The Morgan fingerprint density at radius 2 is 1.18 bits per heavy atom. The maximum atomic E-state index is 13.8. The molecule has 6 aromatic rings. The van der Waals surface area contributed by atoms with Crippen LogP contribution in [0.5, 0.6) is 23.0 Å². The number of carbonyl (C=O) groups is 2. The van der Waals surface area contributed by atoms with E-state index in [-0.39, 0.29) is 28.5 Å². The third-order valence-corrected chi connectivity index (χ3v) is 6.93. The van der Waals surface area contributed by atoms with Crippen molar-refractivity contribution < 1.29 is 32.2 Å². The molecule has 4 aromatic carbocycles. The van der Waals surface area contributed by atoms with Crippen LogP contribution >= 0.6 is 11.6 Å². The third kappa shape index (κ3) is 10.8. The van der Waals surface area contributed by atoms with Crippen molar-refractivity contribution in [3.05, 3.63) is 155 Å². The topological polar surface area (TPSA) is 128 Å². The van der Waals surface area contributed by atoms with E-state index in [1.165, 1.54) is 49.3 Å². The number of halogens is 4. The van der Waals surface area contributed by atoms with Crippen LogP contribution in [0.1, 0.15) is 38.8 Å². The molecule has 51 heavy (non-hydrogen) atoms. The van der Waals surface area contributed by atoms with Crippen molar-refractivity contribution >= 4 is 34.8 Å². The van der Waals surface area contributed by atoms with Crippen molar-refractivity contribution in [1.29, 1.82) is 0 Å². The molecule has 0 saturated heterocycles. The number of aryl methyl sites for hydroxylation is 1. The molecular weight excluding hydrogens is 685 g/mol. The van der Waals surface area contributed by atoms with Gasteiger partial charge >= 0.3 is 0 Å². The normalized spacial score (nSPS) is 10.7. The molecule has 2 heterocycles. The summed E-state index contributed by atoms with van der Waals surface area (Å²) in [6.45, 7) is 2.68. The predicted octanol–water partition coefficient (Wildman–Crippen LogP) is 9.26. The Morgan fingerprint density at radius 1 is 0.667 bits per heavy atom. The molecule has 6 rings (SSSR count). The van der Waals surface area contributed by atoms with Crippen LogP contribution in [0.2, 0.25) is 5.02 Å². The van der Waals surface area contributed by atoms with Gasteiger partial charge < -0.3 is 20.1 Å². The molecule has 0 bridgehead atoms. The molecule has 0 aliphatic heterocycles. The van der Waals surface area contributed by atoms with Crippen LogP contribution in [0.15, 0.2) is 122 Å². The smallest absolute Gasteiger partial charge is 0.270 e. The van der Waals surface area contributed by atoms with Gasteiger partial charge in [-0.3, -0.25) is 9.59 Å². The summed E-state index contributed by atoms with van der Waals surface area (Å²) in [5.74, 6) is -3.21. The number of carbonyl (C=O) groups excluding carboxylic acids is 2. The van der Waals surface area contributed by atoms with Crippen LogP contribution in [0.3, 0.4) is 0 Å². The number of benzene rings is 4. The summed E-state index contributed by atoms with van der Waals surface area (Å²) in [6, 6.07) is 21.0. The van der Waals surface area contributed by atoms with Crippen molar-refractivity contribution in [2.24, 2.45) is 0 Å². The highest BCUT2D eigenvalue weighted by molar-refractivity contribution is 6.31. The summed E-state index contributed by atoms with van der Waals surface area (Å²) in [4.78, 5) is 40.0. The minimum atomic E-state index is -3.08. The first-order valence-electron chi connectivity index (χ1n) is 15.1. The number of hydrogen-bond acceptors (Lipinski definition) is 8. The van der Waals surface area contributed by atoms with E-state index in [1.807, 2.05) is 25.1 Å². The number of anilines is 2. The quantitative estimate of drug-likeness (QED) is 0.152. The van der Waals surface area contributed by atoms with Crippen molar-refractivity contribution in [3.8, 4) is 23.0 Å². The molecule has 14 heteroatoms. The first-order valence-corrected chi connectivity index (χ1v) is 15.4. The van der Waals surface area contributed by atoms with E-state index in [0.717, 1.165) is 30.7 Å². The minimum Gasteiger partial charge on any atom is -0.454 e. The number of ether oxygens (including phenoxy) is 2. The zero-order valence-corrected chi connectivity index (χ0v) is 27.7.